The van der Waals surface area contributed by atoms with Crippen LogP contribution in [0.4, 0.5) is 0 Å². The Morgan fingerprint density at radius 1 is 1.08 bits per heavy atom. The van der Waals surface area contributed by atoms with Crippen LogP contribution in [0.1, 0.15) is 64.2 Å². The number of unbranched alkanes of at least 4 members (excludes halogenated alkanes) is 1. The van der Waals surface area contributed by atoms with Crippen molar-refractivity contribution in [2.75, 3.05) is 5.75 Å². The van der Waals surface area contributed by atoms with Crippen molar-refractivity contribution in [1.82, 2.24) is 0 Å². The fraction of sp³-hybridized carbons (Fsp3) is 0.842. The van der Waals surface area contributed by atoms with Crippen LogP contribution in [0.2, 0.25) is 0 Å². The molecule has 5 atom stereocenters. The minimum atomic E-state index is -0.723. The number of carboxylic acid groups (broad SMARTS) is 1. The smallest absolute Gasteiger partial charge is 0.303 e. The van der Waals surface area contributed by atoms with Gasteiger partial charge in [0.1, 0.15) is 0 Å². The summed E-state index contributed by atoms with van der Waals surface area (Å²) in [4.78, 5) is 10.5. The van der Waals surface area contributed by atoms with Gasteiger partial charge in [-0.05, 0) is 50.9 Å². The van der Waals surface area contributed by atoms with Gasteiger partial charge in [0.05, 0.1) is 12.2 Å². The van der Waals surface area contributed by atoms with Crippen LogP contribution in [-0.4, -0.2) is 38.5 Å². The van der Waals surface area contributed by atoms with Crippen molar-refractivity contribution >= 4 is 16.8 Å². The van der Waals surface area contributed by atoms with Gasteiger partial charge in [-0.25, -0.2) is 0 Å². The lowest BCUT2D eigenvalue weighted by molar-refractivity contribution is -0.137. The zero-order valence-electron chi connectivity index (χ0n) is 14.4. The standard InChI is InChI=1S/C19H30O4S/c20-19(21)10-4-2-1-3-9-15-16(18-12-11-17(15)23-18)13-24(22)14-7-5-6-8-14/h1,3,14-18H,2,4-13H2,(H,20,21)/t15-,16+,17-,18+,24?/m1/s1. The summed E-state index contributed by atoms with van der Waals surface area (Å²) < 4.78 is 18.8. The van der Waals surface area contributed by atoms with Crippen LogP contribution in [0.15, 0.2) is 12.2 Å². The molecule has 24 heavy (non-hydrogen) atoms. The lowest BCUT2D eigenvalue weighted by atomic mass is 9.78. The molecule has 2 saturated heterocycles. The van der Waals surface area contributed by atoms with Gasteiger partial charge in [-0.15, -0.1) is 0 Å². The molecule has 1 N–H and O–H groups in total. The monoisotopic (exact) mass is 354 g/mol. The Hall–Kier alpha value is -0.680. The normalized spacial score (nSPS) is 34.3. The van der Waals surface area contributed by atoms with Crippen molar-refractivity contribution in [3.05, 3.63) is 12.2 Å². The Balaban J connectivity index is 1.48. The Kier molecular flexibility index (Phi) is 6.50. The molecule has 3 aliphatic rings. The highest BCUT2D eigenvalue weighted by Crippen LogP contribution is 2.46. The Morgan fingerprint density at radius 3 is 2.50 bits per heavy atom. The number of hydrogen-bond donors (Lipinski definition) is 1. The highest BCUT2D eigenvalue weighted by atomic mass is 32.2. The van der Waals surface area contributed by atoms with Gasteiger partial charge < -0.3 is 9.84 Å². The number of fused-ring (bicyclic) bond motifs is 2. The molecule has 0 radical (unpaired) electrons. The Bertz CT molecular complexity index is 484. The van der Waals surface area contributed by atoms with Crippen molar-refractivity contribution in [3.63, 3.8) is 0 Å². The highest BCUT2D eigenvalue weighted by Gasteiger charge is 2.48. The van der Waals surface area contributed by atoms with Crippen molar-refractivity contribution in [2.45, 2.75) is 81.7 Å². The molecule has 136 valence electrons. The number of hydrogen-bond acceptors (Lipinski definition) is 3. The molecule has 0 aromatic carbocycles. The maximum atomic E-state index is 12.7. The Labute approximate surface area is 147 Å². The van der Waals surface area contributed by atoms with Crippen molar-refractivity contribution in [3.8, 4) is 0 Å². The summed E-state index contributed by atoms with van der Waals surface area (Å²) in [5.74, 6) is 1.06. The molecule has 0 aromatic rings. The molecular formula is C19H30O4S. The molecule has 0 amide bonds. The molecule has 1 saturated carbocycles. The van der Waals surface area contributed by atoms with Crippen molar-refractivity contribution < 1.29 is 18.8 Å². The fourth-order valence-corrected chi connectivity index (χ4v) is 6.62. The number of carboxylic acids is 1. The van der Waals surface area contributed by atoms with E-state index in [0.717, 1.165) is 44.3 Å². The van der Waals surface area contributed by atoms with E-state index in [-0.39, 0.29) is 6.42 Å². The van der Waals surface area contributed by atoms with Gasteiger partial charge in [-0.3, -0.25) is 9.00 Å². The minimum absolute atomic E-state index is 0.241. The van der Waals surface area contributed by atoms with Gasteiger partial charge in [0.25, 0.3) is 0 Å². The van der Waals surface area contributed by atoms with E-state index < -0.39 is 16.8 Å². The summed E-state index contributed by atoms with van der Waals surface area (Å²) in [6, 6.07) is 0. The third-order valence-electron chi connectivity index (χ3n) is 5.96. The lowest BCUT2D eigenvalue weighted by Crippen LogP contribution is -2.33. The second-order valence-corrected chi connectivity index (χ2v) is 9.33. The van der Waals surface area contributed by atoms with Crippen molar-refractivity contribution in [1.29, 1.82) is 0 Å². The van der Waals surface area contributed by atoms with Gasteiger partial charge in [0.15, 0.2) is 0 Å². The van der Waals surface area contributed by atoms with Crippen LogP contribution < -0.4 is 0 Å². The number of carbonyl (C=O) groups is 1. The van der Waals surface area contributed by atoms with Crippen LogP contribution in [0.5, 0.6) is 0 Å². The first-order valence-corrected chi connectivity index (χ1v) is 10.9. The van der Waals surface area contributed by atoms with Gasteiger partial charge in [-0.2, -0.15) is 0 Å². The third kappa shape index (κ3) is 4.48. The highest BCUT2D eigenvalue weighted by molar-refractivity contribution is 7.85. The van der Waals surface area contributed by atoms with E-state index in [1.807, 2.05) is 0 Å². The zero-order valence-corrected chi connectivity index (χ0v) is 15.2. The Morgan fingerprint density at radius 2 is 1.79 bits per heavy atom. The van der Waals surface area contributed by atoms with E-state index in [2.05, 4.69) is 12.2 Å². The van der Waals surface area contributed by atoms with Crippen LogP contribution in [0, 0.1) is 11.8 Å². The molecule has 1 unspecified atom stereocenters. The summed E-state index contributed by atoms with van der Waals surface area (Å²) in [5.41, 5.74) is 0. The molecule has 1 aliphatic carbocycles. The second-order valence-electron chi connectivity index (χ2n) is 7.56. The molecule has 2 heterocycles. The first-order chi connectivity index (χ1) is 11.6. The average molecular weight is 355 g/mol. The molecule has 2 aliphatic heterocycles. The number of allylic oxidation sites excluding steroid dienone is 2. The summed E-state index contributed by atoms with van der Waals surface area (Å²) in [5, 5.41) is 9.08. The first kappa shape index (κ1) is 18.1. The average Bonchev–Trinajstić information content (AvgIpc) is 3.28. The van der Waals surface area contributed by atoms with Crippen molar-refractivity contribution in [2.24, 2.45) is 11.8 Å². The molecule has 5 heteroatoms. The van der Waals surface area contributed by atoms with Crippen LogP contribution >= 0.6 is 0 Å². The predicted molar refractivity (Wildman–Crippen MR) is 95.4 cm³/mol. The topological polar surface area (TPSA) is 63.6 Å². The zero-order chi connectivity index (χ0) is 16.9. The number of aliphatic carboxylic acids is 1. The fourth-order valence-electron chi connectivity index (χ4n) is 4.65. The molecule has 3 fully saturated rings. The third-order valence-corrected chi connectivity index (χ3v) is 7.89. The van der Waals surface area contributed by atoms with Gasteiger partial charge in [0, 0.05) is 34.1 Å². The van der Waals surface area contributed by atoms with Gasteiger partial charge in [0.2, 0.25) is 0 Å². The number of rotatable bonds is 9. The molecule has 3 rings (SSSR count). The second kappa shape index (κ2) is 8.61. The quantitative estimate of drug-likeness (QED) is 0.507. The number of ether oxygens (including phenoxy) is 1. The summed E-state index contributed by atoms with van der Waals surface area (Å²) in [6.45, 7) is 0. The maximum Gasteiger partial charge on any atom is 0.303 e. The van der Waals surface area contributed by atoms with E-state index in [9.17, 15) is 9.00 Å². The minimum Gasteiger partial charge on any atom is -0.481 e. The summed E-state index contributed by atoms with van der Waals surface area (Å²) in [7, 11) is -0.693. The molecule has 4 nitrogen and oxygen atoms in total. The molecular weight excluding hydrogens is 324 g/mol. The van der Waals surface area contributed by atoms with Gasteiger partial charge >= 0.3 is 5.97 Å². The van der Waals surface area contributed by atoms with E-state index in [1.165, 1.54) is 12.8 Å². The van der Waals surface area contributed by atoms with Crippen LogP contribution in [-0.2, 0) is 20.3 Å². The van der Waals surface area contributed by atoms with E-state index in [1.54, 1.807) is 0 Å². The van der Waals surface area contributed by atoms with Gasteiger partial charge in [-0.1, -0.05) is 25.0 Å². The molecule has 2 bridgehead atoms. The summed E-state index contributed by atoms with van der Waals surface area (Å²) >= 11 is 0. The summed E-state index contributed by atoms with van der Waals surface area (Å²) in [6.07, 6.45) is 14.8. The lowest BCUT2D eigenvalue weighted by Gasteiger charge is -2.27. The van der Waals surface area contributed by atoms with E-state index in [4.69, 9.17) is 9.84 Å². The van der Waals surface area contributed by atoms with E-state index >= 15 is 0 Å². The molecule has 0 spiro atoms. The SMILES string of the molecule is O=C(O)CCCC=CC[C@@H]1[C@H](CS(=O)C2CCCC2)[C@@H]2CC[C@H]1O2. The molecule has 0 aromatic heterocycles. The largest absolute Gasteiger partial charge is 0.481 e. The maximum absolute atomic E-state index is 12.7. The van der Waals surface area contributed by atoms with Crippen LogP contribution in [0.3, 0.4) is 0 Å². The first-order valence-electron chi connectivity index (χ1n) is 9.54. The van der Waals surface area contributed by atoms with E-state index in [0.29, 0.717) is 35.7 Å². The van der Waals surface area contributed by atoms with Crippen LogP contribution in [0.25, 0.3) is 0 Å². The predicted octanol–water partition coefficient (Wildman–Crippen LogP) is 3.67.